The third-order valence-electron chi connectivity index (χ3n) is 3.08. The summed E-state index contributed by atoms with van der Waals surface area (Å²) in [5, 5.41) is 28.3. The van der Waals surface area contributed by atoms with E-state index in [4.69, 9.17) is 5.11 Å². The summed E-state index contributed by atoms with van der Waals surface area (Å²) in [5.74, 6) is -2.03. The Morgan fingerprint density at radius 2 is 1.89 bits per heavy atom. The molecule has 0 aromatic heterocycles. The van der Waals surface area contributed by atoms with Crippen molar-refractivity contribution in [1.82, 2.24) is 0 Å². The van der Waals surface area contributed by atoms with Crippen LogP contribution < -0.4 is 0 Å². The number of aliphatic hydroxyl groups excluding tert-OH is 2. The van der Waals surface area contributed by atoms with Crippen molar-refractivity contribution in [1.29, 1.82) is 0 Å². The molecule has 3 N–H and O–H groups in total. The SMILES string of the molecule is O=C1O[C@H]([C@@H](O)CO)C(=O)[C@]1(O)Cc1ccccc1. The second kappa shape index (κ2) is 5.08. The van der Waals surface area contributed by atoms with Gasteiger partial charge in [0.25, 0.3) is 0 Å². The van der Waals surface area contributed by atoms with Gasteiger partial charge in [-0.3, -0.25) is 4.79 Å². The molecule has 0 unspecified atom stereocenters. The van der Waals surface area contributed by atoms with Crippen LogP contribution in [0.5, 0.6) is 0 Å². The Balaban J connectivity index is 2.23. The molecule has 1 heterocycles. The number of rotatable bonds is 4. The summed E-state index contributed by atoms with van der Waals surface area (Å²) in [6.45, 7) is -0.731. The summed E-state index contributed by atoms with van der Waals surface area (Å²) < 4.78 is 4.67. The lowest BCUT2D eigenvalue weighted by Gasteiger charge is -2.17. The molecular weight excluding hydrogens is 252 g/mol. The van der Waals surface area contributed by atoms with E-state index in [1.165, 1.54) is 0 Å². The summed E-state index contributed by atoms with van der Waals surface area (Å²) in [6, 6.07) is 8.51. The Bertz CT molecular complexity index is 485. The van der Waals surface area contributed by atoms with Crippen LogP contribution in [0.3, 0.4) is 0 Å². The smallest absolute Gasteiger partial charge is 0.347 e. The van der Waals surface area contributed by atoms with Crippen LogP contribution >= 0.6 is 0 Å². The Morgan fingerprint density at radius 3 is 2.47 bits per heavy atom. The highest BCUT2D eigenvalue weighted by Crippen LogP contribution is 2.27. The van der Waals surface area contributed by atoms with Gasteiger partial charge in [0.1, 0.15) is 6.10 Å². The van der Waals surface area contributed by atoms with Gasteiger partial charge in [-0.05, 0) is 5.56 Å². The molecular formula is C13H14O6. The first kappa shape index (κ1) is 13.7. The van der Waals surface area contributed by atoms with Crippen LogP contribution in [0.1, 0.15) is 5.56 Å². The number of Topliss-reactive ketones (excluding diaryl/α,β-unsaturated/α-hetero) is 1. The molecule has 1 aliphatic rings. The highest BCUT2D eigenvalue weighted by atomic mass is 16.6. The van der Waals surface area contributed by atoms with Gasteiger partial charge in [0, 0.05) is 6.42 Å². The maximum absolute atomic E-state index is 12.0. The van der Waals surface area contributed by atoms with E-state index in [9.17, 15) is 19.8 Å². The molecule has 0 bridgehead atoms. The first-order valence-electron chi connectivity index (χ1n) is 5.79. The van der Waals surface area contributed by atoms with Gasteiger partial charge in [-0.2, -0.15) is 0 Å². The van der Waals surface area contributed by atoms with E-state index in [-0.39, 0.29) is 6.42 Å². The van der Waals surface area contributed by atoms with Crippen LogP contribution in [-0.2, 0) is 20.7 Å². The van der Waals surface area contributed by atoms with Gasteiger partial charge in [-0.1, -0.05) is 30.3 Å². The lowest BCUT2D eigenvalue weighted by atomic mass is 9.89. The molecule has 19 heavy (non-hydrogen) atoms. The largest absolute Gasteiger partial charge is 0.449 e. The number of hydrogen-bond acceptors (Lipinski definition) is 6. The maximum atomic E-state index is 12.0. The molecule has 2 rings (SSSR count). The van der Waals surface area contributed by atoms with Gasteiger partial charge in [-0.15, -0.1) is 0 Å². The molecule has 6 nitrogen and oxygen atoms in total. The van der Waals surface area contributed by atoms with E-state index in [1.54, 1.807) is 30.3 Å². The van der Waals surface area contributed by atoms with Crippen LogP contribution in [0.15, 0.2) is 30.3 Å². The topological polar surface area (TPSA) is 104 Å². The summed E-state index contributed by atoms with van der Waals surface area (Å²) in [5.41, 5.74) is -1.71. The predicted molar refractivity (Wildman–Crippen MR) is 63.1 cm³/mol. The van der Waals surface area contributed by atoms with E-state index >= 15 is 0 Å². The van der Waals surface area contributed by atoms with Crippen LogP contribution in [0.4, 0.5) is 0 Å². The average molecular weight is 266 g/mol. The predicted octanol–water partition coefficient (Wildman–Crippen LogP) is -1.19. The molecule has 6 heteroatoms. The maximum Gasteiger partial charge on any atom is 0.347 e. The number of ketones is 1. The van der Waals surface area contributed by atoms with E-state index in [0.717, 1.165) is 0 Å². The van der Waals surface area contributed by atoms with Crippen molar-refractivity contribution in [3.63, 3.8) is 0 Å². The minimum atomic E-state index is -2.30. The zero-order chi connectivity index (χ0) is 14.0. The van der Waals surface area contributed by atoms with Crippen molar-refractivity contribution >= 4 is 11.8 Å². The summed E-state index contributed by atoms with van der Waals surface area (Å²) in [7, 11) is 0. The second-order valence-electron chi connectivity index (χ2n) is 4.46. The van der Waals surface area contributed by atoms with Gasteiger partial charge >= 0.3 is 5.97 Å². The molecule has 0 amide bonds. The summed E-state index contributed by atoms with van der Waals surface area (Å²) in [6.07, 6.45) is -3.27. The summed E-state index contributed by atoms with van der Waals surface area (Å²) >= 11 is 0. The highest BCUT2D eigenvalue weighted by Gasteiger charge is 2.57. The monoisotopic (exact) mass is 266 g/mol. The fourth-order valence-electron chi connectivity index (χ4n) is 2.00. The van der Waals surface area contributed by atoms with Crippen molar-refractivity contribution in [3.05, 3.63) is 35.9 Å². The molecule has 0 saturated carbocycles. The Labute approximate surface area is 109 Å². The second-order valence-corrected chi connectivity index (χ2v) is 4.46. The molecule has 0 radical (unpaired) electrons. The van der Waals surface area contributed by atoms with Gasteiger partial charge < -0.3 is 20.1 Å². The van der Waals surface area contributed by atoms with Crippen molar-refractivity contribution in [2.24, 2.45) is 0 Å². The van der Waals surface area contributed by atoms with Crippen molar-refractivity contribution in [2.45, 2.75) is 24.2 Å². The standard InChI is InChI=1S/C13H14O6/c14-7-9(15)10-11(16)13(18,12(17)19-10)6-8-4-2-1-3-5-8/h1-5,9-10,14-15,18H,6-7H2/t9-,10+,13+/m0/s1. The number of esters is 1. The van der Waals surface area contributed by atoms with Crippen molar-refractivity contribution < 1.29 is 29.6 Å². The Morgan fingerprint density at radius 1 is 1.26 bits per heavy atom. The lowest BCUT2D eigenvalue weighted by Crippen LogP contribution is -2.47. The lowest BCUT2D eigenvalue weighted by molar-refractivity contribution is -0.157. The fourth-order valence-corrected chi connectivity index (χ4v) is 2.00. The van der Waals surface area contributed by atoms with Gasteiger partial charge in [0.2, 0.25) is 11.4 Å². The molecule has 102 valence electrons. The molecule has 3 atom stereocenters. The van der Waals surface area contributed by atoms with Crippen LogP contribution in [0, 0.1) is 0 Å². The summed E-state index contributed by atoms with van der Waals surface area (Å²) in [4.78, 5) is 23.6. The van der Waals surface area contributed by atoms with E-state index < -0.39 is 36.2 Å². The quantitative estimate of drug-likeness (QED) is 0.467. The van der Waals surface area contributed by atoms with Gasteiger partial charge in [0.05, 0.1) is 6.61 Å². The highest BCUT2D eigenvalue weighted by molar-refractivity contribution is 6.14. The van der Waals surface area contributed by atoms with E-state index in [2.05, 4.69) is 4.74 Å². The Kier molecular flexibility index (Phi) is 3.66. The molecule has 1 aliphatic heterocycles. The number of carbonyl (C=O) groups excluding carboxylic acids is 2. The van der Waals surface area contributed by atoms with E-state index in [0.29, 0.717) is 5.56 Å². The first-order chi connectivity index (χ1) is 8.99. The zero-order valence-corrected chi connectivity index (χ0v) is 10.0. The molecule has 0 aliphatic carbocycles. The zero-order valence-electron chi connectivity index (χ0n) is 10.0. The van der Waals surface area contributed by atoms with Crippen LogP contribution in [0.2, 0.25) is 0 Å². The number of aliphatic hydroxyl groups is 3. The normalized spacial score (nSPS) is 28.3. The third-order valence-corrected chi connectivity index (χ3v) is 3.08. The number of ether oxygens (including phenoxy) is 1. The average Bonchev–Trinajstić information content (AvgIpc) is 2.64. The molecule has 1 aromatic rings. The fraction of sp³-hybridized carbons (Fsp3) is 0.385. The Hall–Kier alpha value is -1.76. The first-order valence-corrected chi connectivity index (χ1v) is 5.79. The minimum absolute atomic E-state index is 0.222. The van der Waals surface area contributed by atoms with Crippen LogP contribution in [0.25, 0.3) is 0 Å². The molecule has 1 fully saturated rings. The number of benzene rings is 1. The van der Waals surface area contributed by atoms with Crippen molar-refractivity contribution in [3.8, 4) is 0 Å². The number of carbonyl (C=O) groups is 2. The van der Waals surface area contributed by atoms with E-state index in [1.807, 2.05) is 0 Å². The molecule has 0 spiro atoms. The van der Waals surface area contributed by atoms with Gasteiger partial charge in [-0.25, -0.2) is 4.79 Å². The van der Waals surface area contributed by atoms with Crippen molar-refractivity contribution in [2.75, 3.05) is 6.61 Å². The third kappa shape index (κ3) is 2.37. The minimum Gasteiger partial charge on any atom is -0.449 e. The van der Waals surface area contributed by atoms with Crippen LogP contribution in [-0.4, -0.2) is 51.5 Å². The number of cyclic esters (lactones) is 1. The number of hydrogen-bond donors (Lipinski definition) is 3. The molecule has 1 saturated heterocycles. The van der Waals surface area contributed by atoms with Gasteiger partial charge in [0.15, 0.2) is 6.10 Å². The molecule has 1 aromatic carbocycles.